The van der Waals surface area contributed by atoms with Crippen LogP contribution in [0.2, 0.25) is 0 Å². The Kier molecular flexibility index (Phi) is 4.33. The molecule has 1 aromatic carbocycles. The van der Waals surface area contributed by atoms with Crippen molar-refractivity contribution < 1.29 is 9.72 Å². The molecule has 0 saturated carbocycles. The Morgan fingerprint density at radius 3 is 2.80 bits per heavy atom. The number of nitrogens with zero attached hydrogens (tertiary/aromatic N) is 5. The fourth-order valence-corrected chi connectivity index (χ4v) is 2.11. The number of amides is 1. The first kappa shape index (κ1) is 16.1. The summed E-state index contributed by atoms with van der Waals surface area (Å²) < 4.78 is 2.44. The van der Waals surface area contributed by atoms with E-state index in [0.717, 1.165) is 4.68 Å². The standard InChI is InChI=1S/C15H12N6O4/c22-14(17-11-3-1-4-12(9-11)21(24)25)10-20-15(23)6-5-13(18-20)19-8-2-7-16-19/h1-9H,10H2,(H,17,22). The molecule has 10 heteroatoms. The highest BCUT2D eigenvalue weighted by molar-refractivity contribution is 5.90. The molecular weight excluding hydrogens is 328 g/mol. The molecule has 0 saturated heterocycles. The Balaban J connectivity index is 1.77. The van der Waals surface area contributed by atoms with E-state index in [1.54, 1.807) is 18.5 Å². The lowest BCUT2D eigenvalue weighted by Crippen LogP contribution is -2.30. The Morgan fingerprint density at radius 2 is 2.08 bits per heavy atom. The average Bonchev–Trinajstić information content (AvgIpc) is 3.11. The molecule has 2 aromatic heterocycles. The number of nitrogens with one attached hydrogen (secondary N) is 1. The zero-order valence-electron chi connectivity index (χ0n) is 12.8. The molecule has 1 N–H and O–H groups in total. The van der Waals surface area contributed by atoms with Crippen LogP contribution in [0.3, 0.4) is 0 Å². The molecule has 0 unspecified atom stereocenters. The van der Waals surface area contributed by atoms with Crippen molar-refractivity contribution in [2.24, 2.45) is 0 Å². The van der Waals surface area contributed by atoms with Crippen LogP contribution in [-0.4, -0.2) is 30.4 Å². The van der Waals surface area contributed by atoms with Gasteiger partial charge in [-0.05, 0) is 18.2 Å². The second kappa shape index (κ2) is 6.74. The molecule has 3 aromatic rings. The Hall–Kier alpha value is -3.82. The summed E-state index contributed by atoms with van der Waals surface area (Å²) in [6.45, 7) is -0.337. The molecule has 0 spiro atoms. The normalized spacial score (nSPS) is 10.4. The molecule has 0 aliphatic carbocycles. The predicted molar refractivity (Wildman–Crippen MR) is 87.3 cm³/mol. The molecule has 0 aliphatic rings. The maximum Gasteiger partial charge on any atom is 0.271 e. The van der Waals surface area contributed by atoms with E-state index in [2.05, 4.69) is 15.5 Å². The van der Waals surface area contributed by atoms with Gasteiger partial charge in [-0.3, -0.25) is 19.7 Å². The third kappa shape index (κ3) is 3.75. The fraction of sp³-hybridized carbons (Fsp3) is 0.0667. The summed E-state index contributed by atoms with van der Waals surface area (Å²) in [5, 5.41) is 21.3. The minimum atomic E-state index is -0.560. The quantitative estimate of drug-likeness (QED) is 0.545. The zero-order valence-corrected chi connectivity index (χ0v) is 12.8. The van der Waals surface area contributed by atoms with Crippen LogP contribution in [0.1, 0.15) is 0 Å². The SMILES string of the molecule is O=C(Cn1nc(-n2cccn2)ccc1=O)Nc1cccc([N+](=O)[O-])c1. The van der Waals surface area contributed by atoms with Gasteiger partial charge in [0.25, 0.3) is 11.2 Å². The summed E-state index contributed by atoms with van der Waals surface area (Å²) in [7, 11) is 0. The first-order chi connectivity index (χ1) is 12.0. The lowest BCUT2D eigenvalue weighted by molar-refractivity contribution is -0.384. The van der Waals surface area contributed by atoms with E-state index in [1.807, 2.05) is 0 Å². The van der Waals surface area contributed by atoms with Crippen molar-refractivity contribution in [2.45, 2.75) is 6.54 Å². The van der Waals surface area contributed by atoms with E-state index < -0.39 is 16.4 Å². The average molecular weight is 340 g/mol. The largest absolute Gasteiger partial charge is 0.324 e. The zero-order chi connectivity index (χ0) is 17.8. The van der Waals surface area contributed by atoms with Crippen molar-refractivity contribution in [2.75, 3.05) is 5.32 Å². The summed E-state index contributed by atoms with van der Waals surface area (Å²) in [6, 6.07) is 9.99. The highest BCUT2D eigenvalue weighted by Crippen LogP contribution is 2.16. The maximum absolute atomic E-state index is 12.1. The van der Waals surface area contributed by atoms with Gasteiger partial charge in [0.15, 0.2) is 5.82 Å². The molecule has 0 atom stereocenters. The third-order valence-corrected chi connectivity index (χ3v) is 3.23. The highest BCUT2D eigenvalue weighted by atomic mass is 16.6. The number of hydrogen-bond acceptors (Lipinski definition) is 6. The molecular formula is C15H12N6O4. The number of aromatic nitrogens is 4. The smallest absolute Gasteiger partial charge is 0.271 e. The molecule has 0 radical (unpaired) electrons. The van der Waals surface area contributed by atoms with E-state index in [4.69, 9.17) is 0 Å². The van der Waals surface area contributed by atoms with Gasteiger partial charge in [0.05, 0.1) is 4.92 Å². The van der Waals surface area contributed by atoms with Gasteiger partial charge in [-0.2, -0.15) is 5.10 Å². The van der Waals surface area contributed by atoms with Crippen molar-refractivity contribution >= 4 is 17.3 Å². The van der Waals surface area contributed by atoms with Crippen molar-refractivity contribution in [3.8, 4) is 5.82 Å². The van der Waals surface area contributed by atoms with E-state index >= 15 is 0 Å². The van der Waals surface area contributed by atoms with Crippen LogP contribution >= 0.6 is 0 Å². The molecule has 0 fully saturated rings. The van der Waals surface area contributed by atoms with Gasteiger partial charge in [0.1, 0.15) is 6.54 Å². The molecule has 2 heterocycles. The molecule has 0 bridgehead atoms. The number of hydrogen-bond donors (Lipinski definition) is 1. The van der Waals surface area contributed by atoms with Gasteiger partial charge in [0, 0.05) is 36.3 Å². The number of carbonyl (C=O) groups excluding carboxylic acids is 1. The van der Waals surface area contributed by atoms with Gasteiger partial charge in [-0.15, -0.1) is 5.10 Å². The minimum Gasteiger partial charge on any atom is -0.324 e. The van der Waals surface area contributed by atoms with Crippen molar-refractivity contribution in [1.82, 2.24) is 19.6 Å². The maximum atomic E-state index is 12.1. The van der Waals surface area contributed by atoms with E-state index in [9.17, 15) is 19.7 Å². The van der Waals surface area contributed by atoms with Gasteiger partial charge in [-0.25, -0.2) is 9.36 Å². The summed E-state index contributed by atoms with van der Waals surface area (Å²) >= 11 is 0. The van der Waals surface area contributed by atoms with Crippen LogP contribution in [0.25, 0.3) is 5.82 Å². The fourth-order valence-electron chi connectivity index (χ4n) is 2.11. The van der Waals surface area contributed by atoms with E-state index in [0.29, 0.717) is 5.82 Å². The molecule has 0 aliphatic heterocycles. The van der Waals surface area contributed by atoms with Crippen molar-refractivity contribution in [3.63, 3.8) is 0 Å². The third-order valence-electron chi connectivity index (χ3n) is 3.23. The second-order valence-corrected chi connectivity index (χ2v) is 4.99. The van der Waals surface area contributed by atoms with Gasteiger partial charge in [-0.1, -0.05) is 6.07 Å². The minimum absolute atomic E-state index is 0.145. The number of rotatable bonds is 5. The molecule has 25 heavy (non-hydrogen) atoms. The Labute approximate surface area is 140 Å². The number of carbonyl (C=O) groups is 1. The van der Waals surface area contributed by atoms with Crippen LogP contribution in [0.15, 0.2) is 59.7 Å². The van der Waals surface area contributed by atoms with Crippen LogP contribution in [-0.2, 0) is 11.3 Å². The first-order valence-electron chi connectivity index (χ1n) is 7.15. The van der Waals surface area contributed by atoms with Crippen molar-refractivity contribution in [3.05, 3.63) is 75.3 Å². The van der Waals surface area contributed by atoms with E-state index in [-0.39, 0.29) is 17.9 Å². The molecule has 10 nitrogen and oxygen atoms in total. The van der Waals surface area contributed by atoms with Crippen LogP contribution < -0.4 is 10.9 Å². The Morgan fingerprint density at radius 1 is 1.24 bits per heavy atom. The topological polar surface area (TPSA) is 125 Å². The summed E-state index contributed by atoms with van der Waals surface area (Å²) in [5.74, 6) is -0.152. The molecule has 126 valence electrons. The van der Waals surface area contributed by atoms with Gasteiger partial charge >= 0.3 is 0 Å². The lowest BCUT2D eigenvalue weighted by Gasteiger charge is -2.08. The number of nitro benzene ring substituents is 1. The number of anilines is 1. The molecule has 1 amide bonds. The summed E-state index contributed by atoms with van der Waals surface area (Å²) in [5.41, 5.74) is -0.339. The lowest BCUT2D eigenvalue weighted by atomic mass is 10.3. The monoisotopic (exact) mass is 340 g/mol. The number of nitro groups is 1. The first-order valence-corrected chi connectivity index (χ1v) is 7.15. The van der Waals surface area contributed by atoms with Crippen LogP contribution in [0.4, 0.5) is 11.4 Å². The summed E-state index contributed by atoms with van der Waals surface area (Å²) in [4.78, 5) is 34.2. The predicted octanol–water partition coefficient (Wildman–Crippen LogP) is 0.976. The summed E-state index contributed by atoms with van der Waals surface area (Å²) in [6.07, 6.45) is 3.21. The number of non-ortho nitro benzene ring substituents is 1. The highest BCUT2D eigenvalue weighted by Gasteiger charge is 2.11. The van der Waals surface area contributed by atoms with Crippen LogP contribution in [0, 0.1) is 10.1 Å². The van der Waals surface area contributed by atoms with E-state index in [1.165, 1.54) is 41.1 Å². The molecule has 3 rings (SSSR count). The second-order valence-electron chi connectivity index (χ2n) is 4.99. The van der Waals surface area contributed by atoms with Gasteiger partial charge < -0.3 is 5.32 Å². The van der Waals surface area contributed by atoms with Crippen molar-refractivity contribution in [1.29, 1.82) is 0 Å². The number of benzene rings is 1. The Bertz CT molecular complexity index is 980. The van der Waals surface area contributed by atoms with Crippen LogP contribution in [0.5, 0.6) is 0 Å². The van der Waals surface area contributed by atoms with Gasteiger partial charge in [0.2, 0.25) is 5.91 Å².